The number of rotatable bonds is 9. The van der Waals surface area contributed by atoms with E-state index in [1.54, 1.807) is 24.0 Å². The molecule has 0 bridgehead atoms. The van der Waals surface area contributed by atoms with Crippen LogP contribution >= 0.6 is 11.6 Å². The molecule has 0 spiro atoms. The third-order valence-electron chi connectivity index (χ3n) is 5.99. The molecule has 3 aromatic rings. The van der Waals surface area contributed by atoms with Crippen LogP contribution in [0.1, 0.15) is 28.4 Å². The average Bonchev–Trinajstić information content (AvgIpc) is 2.88. The number of ketones is 1. The number of benzene rings is 3. The number of ether oxygens (including phenoxy) is 2. The fourth-order valence-electron chi connectivity index (χ4n) is 3.96. The fraction of sp³-hybridized carbons (Fsp3) is 0.286. The molecule has 0 saturated carbocycles. The number of Topliss-reactive ketones (excluding diaryl/α,β-unsaturated/α-hetero) is 1. The zero-order valence-electron chi connectivity index (χ0n) is 19.8. The van der Waals surface area contributed by atoms with Crippen LogP contribution in [0, 0.1) is 0 Å². The first-order valence-electron chi connectivity index (χ1n) is 11.7. The summed E-state index contributed by atoms with van der Waals surface area (Å²) in [6, 6.07) is 22.9. The molecule has 1 aliphatic heterocycles. The molecule has 1 amide bonds. The highest BCUT2D eigenvalue weighted by molar-refractivity contribution is 6.32. The van der Waals surface area contributed by atoms with Crippen molar-refractivity contribution in [2.45, 2.75) is 20.1 Å². The van der Waals surface area contributed by atoms with Crippen molar-refractivity contribution < 1.29 is 19.1 Å². The van der Waals surface area contributed by atoms with Gasteiger partial charge in [0.05, 0.1) is 17.1 Å². The lowest BCUT2D eigenvalue weighted by Gasteiger charge is -2.33. The van der Waals surface area contributed by atoms with Crippen LogP contribution in [0.3, 0.4) is 0 Å². The summed E-state index contributed by atoms with van der Waals surface area (Å²) in [6.07, 6.45) is 0. The van der Waals surface area contributed by atoms with Crippen molar-refractivity contribution in [3.8, 4) is 11.5 Å². The van der Waals surface area contributed by atoms with E-state index in [9.17, 15) is 9.59 Å². The summed E-state index contributed by atoms with van der Waals surface area (Å²) in [6.45, 7) is 5.01. The third kappa shape index (κ3) is 6.84. The Morgan fingerprint density at radius 1 is 0.800 bits per heavy atom. The van der Waals surface area contributed by atoms with Gasteiger partial charge in [-0.1, -0.05) is 72.3 Å². The summed E-state index contributed by atoms with van der Waals surface area (Å²) in [5.41, 5.74) is 2.43. The summed E-state index contributed by atoms with van der Waals surface area (Å²) in [7, 11) is 0. The second-order valence-corrected chi connectivity index (χ2v) is 8.94. The second kappa shape index (κ2) is 11.9. The molecule has 6 nitrogen and oxygen atoms in total. The molecule has 1 heterocycles. The monoisotopic (exact) mass is 492 g/mol. The highest BCUT2D eigenvalue weighted by Gasteiger charge is 2.23. The van der Waals surface area contributed by atoms with E-state index in [1.165, 1.54) is 0 Å². The predicted molar refractivity (Wildman–Crippen MR) is 136 cm³/mol. The first-order chi connectivity index (χ1) is 17.0. The minimum absolute atomic E-state index is 0.0606. The van der Waals surface area contributed by atoms with E-state index < -0.39 is 0 Å². The van der Waals surface area contributed by atoms with Crippen molar-refractivity contribution in [2.24, 2.45) is 0 Å². The van der Waals surface area contributed by atoms with E-state index in [2.05, 4.69) is 4.90 Å². The SMILES string of the molecule is CC(=O)N1CCN(CC(=O)c2cc(Cl)c(OCc3ccccc3)cc2OCc2ccccc2)CC1. The van der Waals surface area contributed by atoms with Crippen LogP contribution in [0.2, 0.25) is 5.02 Å². The smallest absolute Gasteiger partial charge is 0.219 e. The molecular formula is C28H29ClN2O4. The molecule has 1 fully saturated rings. The third-order valence-corrected chi connectivity index (χ3v) is 6.29. The predicted octanol–water partition coefficient (Wildman–Crippen LogP) is 4.84. The summed E-state index contributed by atoms with van der Waals surface area (Å²) in [5.74, 6) is 0.880. The standard InChI is InChI=1S/C28H29ClN2O4/c1-21(32)31-14-12-30(13-15-31)18-26(33)24-16-25(29)28(35-20-23-10-6-3-7-11-23)17-27(24)34-19-22-8-4-2-5-9-22/h2-11,16-17H,12-15,18-20H2,1H3. The van der Waals surface area contributed by atoms with Gasteiger partial charge in [-0.05, 0) is 17.2 Å². The number of carbonyl (C=O) groups excluding carboxylic acids is 2. The number of hydrogen-bond donors (Lipinski definition) is 0. The van der Waals surface area contributed by atoms with E-state index in [0.29, 0.717) is 61.5 Å². The molecular weight excluding hydrogens is 464 g/mol. The summed E-state index contributed by atoms with van der Waals surface area (Å²) in [4.78, 5) is 28.7. The lowest BCUT2D eigenvalue weighted by molar-refractivity contribution is -0.130. The first kappa shape index (κ1) is 24.8. The fourth-order valence-corrected chi connectivity index (χ4v) is 4.18. The van der Waals surface area contributed by atoms with Gasteiger partial charge in [0, 0.05) is 39.2 Å². The van der Waals surface area contributed by atoms with E-state index in [1.807, 2.05) is 60.7 Å². The maximum Gasteiger partial charge on any atom is 0.219 e. The Hall–Kier alpha value is -3.35. The van der Waals surface area contributed by atoms with Crippen LogP contribution < -0.4 is 9.47 Å². The van der Waals surface area contributed by atoms with Gasteiger partial charge in [0.2, 0.25) is 5.91 Å². The summed E-state index contributed by atoms with van der Waals surface area (Å²) in [5, 5.41) is 0.359. The van der Waals surface area contributed by atoms with Gasteiger partial charge in [-0.2, -0.15) is 0 Å². The Bertz CT molecular complexity index is 1150. The number of amides is 1. The number of carbonyl (C=O) groups is 2. The number of halogens is 1. The molecule has 182 valence electrons. The topological polar surface area (TPSA) is 59.1 Å². The second-order valence-electron chi connectivity index (χ2n) is 8.53. The Kier molecular flexibility index (Phi) is 8.40. The minimum atomic E-state index is -0.0825. The molecule has 0 atom stereocenters. The normalized spacial score (nSPS) is 13.9. The molecule has 1 saturated heterocycles. The van der Waals surface area contributed by atoms with E-state index in [4.69, 9.17) is 21.1 Å². The molecule has 1 aliphatic rings. The number of hydrogen-bond acceptors (Lipinski definition) is 5. The van der Waals surface area contributed by atoms with Crippen molar-refractivity contribution in [3.05, 3.63) is 94.5 Å². The van der Waals surface area contributed by atoms with Crippen molar-refractivity contribution in [2.75, 3.05) is 32.7 Å². The largest absolute Gasteiger partial charge is 0.488 e. The van der Waals surface area contributed by atoms with Gasteiger partial charge in [-0.3, -0.25) is 14.5 Å². The zero-order chi connectivity index (χ0) is 24.6. The van der Waals surface area contributed by atoms with Gasteiger partial charge in [0.25, 0.3) is 0 Å². The number of piperazine rings is 1. The van der Waals surface area contributed by atoms with Crippen molar-refractivity contribution in [1.82, 2.24) is 9.80 Å². The number of nitrogens with zero attached hydrogens (tertiary/aromatic N) is 2. The van der Waals surface area contributed by atoms with E-state index in [-0.39, 0.29) is 18.2 Å². The van der Waals surface area contributed by atoms with Gasteiger partial charge in [-0.25, -0.2) is 0 Å². The molecule has 0 aromatic heterocycles. The van der Waals surface area contributed by atoms with Crippen molar-refractivity contribution in [1.29, 1.82) is 0 Å². The van der Waals surface area contributed by atoms with Gasteiger partial charge < -0.3 is 14.4 Å². The summed E-state index contributed by atoms with van der Waals surface area (Å²) < 4.78 is 12.1. The van der Waals surface area contributed by atoms with Gasteiger partial charge in [-0.15, -0.1) is 0 Å². The lowest BCUT2D eigenvalue weighted by atomic mass is 10.1. The van der Waals surface area contributed by atoms with E-state index in [0.717, 1.165) is 11.1 Å². The van der Waals surface area contributed by atoms with Crippen LogP contribution in [0.25, 0.3) is 0 Å². The van der Waals surface area contributed by atoms with Gasteiger partial charge in [0.1, 0.15) is 24.7 Å². The molecule has 35 heavy (non-hydrogen) atoms. The first-order valence-corrected chi connectivity index (χ1v) is 12.1. The molecule has 3 aromatic carbocycles. The van der Waals surface area contributed by atoms with Crippen molar-refractivity contribution in [3.63, 3.8) is 0 Å². The van der Waals surface area contributed by atoms with E-state index >= 15 is 0 Å². The van der Waals surface area contributed by atoms with Crippen LogP contribution in [-0.2, 0) is 18.0 Å². The molecule has 0 aliphatic carbocycles. The van der Waals surface area contributed by atoms with Crippen LogP contribution in [0.15, 0.2) is 72.8 Å². The molecule has 0 N–H and O–H groups in total. The highest BCUT2D eigenvalue weighted by atomic mass is 35.5. The maximum absolute atomic E-state index is 13.3. The van der Waals surface area contributed by atoms with Gasteiger partial charge >= 0.3 is 0 Å². The maximum atomic E-state index is 13.3. The quantitative estimate of drug-likeness (QED) is 0.400. The van der Waals surface area contributed by atoms with Gasteiger partial charge in [0.15, 0.2) is 5.78 Å². The van der Waals surface area contributed by atoms with Crippen LogP contribution in [-0.4, -0.2) is 54.2 Å². The molecule has 0 radical (unpaired) electrons. The zero-order valence-corrected chi connectivity index (χ0v) is 20.5. The Morgan fingerprint density at radius 3 is 1.89 bits per heavy atom. The molecule has 4 rings (SSSR count). The molecule has 0 unspecified atom stereocenters. The van der Waals surface area contributed by atoms with Crippen LogP contribution in [0.4, 0.5) is 0 Å². The molecule has 7 heteroatoms. The Labute approximate surface area is 211 Å². The highest BCUT2D eigenvalue weighted by Crippen LogP contribution is 2.34. The summed E-state index contributed by atoms with van der Waals surface area (Å²) >= 11 is 6.54. The lowest BCUT2D eigenvalue weighted by Crippen LogP contribution is -2.49. The van der Waals surface area contributed by atoms with Crippen LogP contribution in [0.5, 0.6) is 11.5 Å². The Balaban J connectivity index is 1.51. The Morgan fingerprint density at radius 2 is 1.34 bits per heavy atom. The average molecular weight is 493 g/mol. The van der Waals surface area contributed by atoms with Crippen molar-refractivity contribution >= 4 is 23.3 Å². The minimum Gasteiger partial charge on any atom is -0.488 e.